The molecule has 0 N–H and O–H groups in total. The first-order valence-corrected chi connectivity index (χ1v) is 15.7. The summed E-state index contributed by atoms with van der Waals surface area (Å²) in [6.07, 6.45) is 0. The Hall–Kier alpha value is -5.58. The van der Waals surface area contributed by atoms with Crippen LogP contribution in [0.15, 0.2) is 127 Å². The SMILES string of the molecule is c1ccc2cc(-c3nc4ccccc4nc3-n3c4cccc5c4c4c6c(ccc7sc8cccc-5c8c76)ccc43)ccc2c1. The largest absolute Gasteiger partial charge is 0.292 e. The molecule has 0 saturated carbocycles. The summed E-state index contributed by atoms with van der Waals surface area (Å²) in [6.45, 7) is 0. The average molecular weight is 576 g/mol. The number of aromatic nitrogens is 3. The second-order valence-corrected chi connectivity index (χ2v) is 12.8. The summed E-state index contributed by atoms with van der Waals surface area (Å²) >= 11 is 1.89. The summed E-state index contributed by atoms with van der Waals surface area (Å²) in [5.41, 5.74) is 8.62. The van der Waals surface area contributed by atoms with E-state index in [9.17, 15) is 0 Å². The molecule has 1 aliphatic rings. The lowest BCUT2D eigenvalue weighted by Gasteiger charge is -2.15. The van der Waals surface area contributed by atoms with Gasteiger partial charge in [-0.1, -0.05) is 84.9 Å². The van der Waals surface area contributed by atoms with Gasteiger partial charge in [0.05, 0.1) is 22.1 Å². The summed E-state index contributed by atoms with van der Waals surface area (Å²) in [6, 6.07) is 46.0. The fraction of sp³-hybridized carbons (Fsp3) is 0. The topological polar surface area (TPSA) is 30.7 Å². The van der Waals surface area contributed by atoms with E-state index in [2.05, 4.69) is 120 Å². The van der Waals surface area contributed by atoms with Gasteiger partial charge in [-0.3, -0.25) is 4.57 Å². The smallest absolute Gasteiger partial charge is 0.165 e. The maximum atomic E-state index is 5.39. The number of nitrogens with zero attached hydrogens (tertiary/aromatic N) is 3. The Balaban J connectivity index is 1.36. The number of fused-ring (bicyclic) bond motifs is 3. The van der Waals surface area contributed by atoms with Crippen LogP contribution in [-0.2, 0) is 0 Å². The highest BCUT2D eigenvalue weighted by molar-refractivity contribution is 7.26. The van der Waals surface area contributed by atoms with Gasteiger partial charge in [0.1, 0.15) is 5.69 Å². The van der Waals surface area contributed by atoms with Crippen LogP contribution in [0.1, 0.15) is 0 Å². The predicted octanol–water partition coefficient (Wildman–Crippen LogP) is 11.0. The van der Waals surface area contributed by atoms with E-state index >= 15 is 0 Å². The van der Waals surface area contributed by atoms with Crippen molar-refractivity contribution in [1.29, 1.82) is 0 Å². The molecule has 11 rings (SSSR count). The zero-order valence-electron chi connectivity index (χ0n) is 23.4. The normalized spacial score (nSPS) is 12.5. The molecule has 0 amide bonds. The highest BCUT2D eigenvalue weighted by Gasteiger charge is 2.27. The third-order valence-corrected chi connectivity index (χ3v) is 10.6. The van der Waals surface area contributed by atoms with Crippen LogP contribution in [0.5, 0.6) is 0 Å². The van der Waals surface area contributed by atoms with Gasteiger partial charge in [-0.15, -0.1) is 11.3 Å². The maximum Gasteiger partial charge on any atom is 0.165 e. The number of para-hydroxylation sites is 2. The van der Waals surface area contributed by atoms with Crippen molar-refractivity contribution in [2.75, 3.05) is 0 Å². The van der Waals surface area contributed by atoms with Crippen LogP contribution in [0.3, 0.4) is 0 Å². The zero-order valence-corrected chi connectivity index (χ0v) is 24.2. The van der Waals surface area contributed by atoms with Crippen molar-refractivity contribution < 1.29 is 0 Å². The fourth-order valence-electron chi connectivity index (χ4n) is 7.63. The molecule has 3 nitrogen and oxygen atoms in total. The molecule has 4 heteroatoms. The summed E-state index contributed by atoms with van der Waals surface area (Å²) in [7, 11) is 0. The molecule has 44 heavy (non-hydrogen) atoms. The zero-order chi connectivity index (χ0) is 28.5. The molecule has 10 aromatic rings. The minimum Gasteiger partial charge on any atom is -0.292 e. The van der Waals surface area contributed by atoms with Crippen molar-refractivity contribution in [3.05, 3.63) is 127 Å². The van der Waals surface area contributed by atoms with Crippen LogP contribution in [0.25, 0.3) is 103 Å². The Morgan fingerprint density at radius 3 is 2.07 bits per heavy atom. The van der Waals surface area contributed by atoms with Gasteiger partial charge in [0, 0.05) is 41.9 Å². The first-order chi connectivity index (χ1) is 21.8. The van der Waals surface area contributed by atoms with E-state index in [1.54, 1.807) is 0 Å². The van der Waals surface area contributed by atoms with Crippen LogP contribution >= 0.6 is 11.3 Å². The predicted molar refractivity (Wildman–Crippen MR) is 186 cm³/mol. The second kappa shape index (κ2) is 8.07. The lowest BCUT2D eigenvalue weighted by atomic mass is 9.98. The number of hydrogen-bond acceptors (Lipinski definition) is 3. The third-order valence-electron chi connectivity index (χ3n) is 9.47. The van der Waals surface area contributed by atoms with Gasteiger partial charge in [-0.2, -0.15) is 0 Å². The molecule has 0 spiro atoms. The molecule has 0 bridgehead atoms. The van der Waals surface area contributed by atoms with Crippen LogP contribution < -0.4 is 0 Å². The van der Waals surface area contributed by atoms with Crippen LogP contribution in [0.4, 0.5) is 0 Å². The van der Waals surface area contributed by atoms with Gasteiger partial charge in [-0.25, -0.2) is 9.97 Å². The molecular weight excluding hydrogens is 555 g/mol. The van der Waals surface area contributed by atoms with Crippen LogP contribution in [-0.4, -0.2) is 14.5 Å². The van der Waals surface area contributed by atoms with Crippen molar-refractivity contribution >= 4 is 85.9 Å². The van der Waals surface area contributed by atoms with E-state index in [-0.39, 0.29) is 0 Å². The summed E-state index contributed by atoms with van der Waals surface area (Å²) in [4.78, 5) is 10.7. The average Bonchev–Trinajstić information content (AvgIpc) is 3.59. The molecule has 3 heterocycles. The molecule has 0 fully saturated rings. The Morgan fingerprint density at radius 1 is 0.455 bits per heavy atom. The third kappa shape index (κ3) is 2.81. The minimum atomic E-state index is 0.854. The Bertz CT molecular complexity index is 2890. The Morgan fingerprint density at radius 2 is 1.16 bits per heavy atom. The Labute approximate surface area is 255 Å². The van der Waals surface area contributed by atoms with Crippen molar-refractivity contribution in [3.8, 4) is 28.2 Å². The van der Waals surface area contributed by atoms with Gasteiger partial charge in [0.15, 0.2) is 5.82 Å². The van der Waals surface area contributed by atoms with E-state index in [4.69, 9.17) is 9.97 Å². The number of thiophene rings is 1. The number of rotatable bonds is 2. The molecule has 0 atom stereocenters. The first-order valence-electron chi connectivity index (χ1n) is 14.9. The van der Waals surface area contributed by atoms with Gasteiger partial charge in [-0.05, 0) is 69.8 Å². The lowest BCUT2D eigenvalue weighted by molar-refractivity contribution is 1.08. The molecule has 0 radical (unpaired) electrons. The molecule has 0 saturated heterocycles. The monoisotopic (exact) mass is 575 g/mol. The second-order valence-electron chi connectivity index (χ2n) is 11.8. The molecule has 1 aliphatic carbocycles. The minimum absolute atomic E-state index is 0.854. The summed E-state index contributed by atoms with van der Waals surface area (Å²) in [5, 5.41) is 10.4. The molecular formula is C40H21N3S. The summed E-state index contributed by atoms with van der Waals surface area (Å²) < 4.78 is 5.05. The van der Waals surface area contributed by atoms with E-state index in [0.717, 1.165) is 39.1 Å². The standard InChI is InChI=1S/C40H21N3S/c1-2-8-24-21-25(16-15-22(24)7-1)39-40(42-29-12-4-3-11-28(29)41-39)43-30-13-5-9-26-27-10-6-14-32-36(27)38-33(44-32)20-18-23-17-19-31(43)37(34(23)38)35(26)30/h1-21H. The van der Waals surface area contributed by atoms with Crippen molar-refractivity contribution in [3.63, 3.8) is 0 Å². The first kappa shape index (κ1) is 22.9. The quantitative estimate of drug-likeness (QED) is 0.205. The summed E-state index contributed by atoms with van der Waals surface area (Å²) in [5.74, 6) is 0.854. The van der Waals surface area contributed by atoms with E-state index in [1.807, 2.05) is 23.5 Å². The van der Waals surface area contributed by atoms with Crippen molar-refractivity contribution in [2.24, 2.45) is 0 Å². The van der Waals surface area contributed by atoms with E-state index in [0.29, 0.717) is 0 Å². The fourth-order valence-corrected chi connectivity index (χ4v) is 8.77. The van der Waals surface area contributed by atoms with Gasteiger partial charge >= 0.3 is 0 Å². The maximum absolute atomic E-state index is 5.39. The van der Waals surface area contributed by atoms with Crippen LogP contribution in [0, 0.1) is 0 Å². The molecule has 3 aromatic heterocycles. The van der Waals surface area contributed by atoms with Crippen molar-refractivity contribution in [1.82, 2.24) is 14.5 Å². The van der Waals surface area contributed by atoms with E-state index < -0.39 is 0 Å². The van der Waals surface area contributed by atoms with Gasteiger partial charge in [0.2, 0.25) is 0 Å². The molecule has 0 aliphatic heterocycles. The Kier molecular flexibility index (Phi) is 4.21. The van der Waals surface area contributed by atoms with Gasteiger partial charge < -0.3 is 0 Å². The van der Waals surface area contributed by atoms with Crippen LogP contribution in [0.2, 0.25) is 0 Å². The highest BCUT2D eigenvalue weighted by atomic mass is 32.1. The van der Waals surface area contributed by atoms with E-state index in [1.165, 1.54) is 63.6 Å². The number of hydrogen-bond donors (Lipinski definition) is 0. The molecule has 0 unspecified atom stereocenters. The highest BCUT2D eigenvalue weighted by Crippen LogP contribution is 2.52. The lowest BCUT2D eigenvalue weighted by Crippen LogP contribution is -2.03. The number of benzene rings is 7. The molecule has 7 aromatic carbocycles. The molecule has 202 valence electrons. The van der Waals surface area contributed by atoms with Crippen molar-refractivity contribution in [2.45, 2.75) is 0 Å². The van der Waals surface area contributed by atoms with Gasteiger partial charge in [0.25, 0.3) is 0 Å².